The van der Waals surface area contributed by atoms with Gasteiger partial charge in [-0.3, -0.25) is 0 Å². The highest BCUT2D eigenvalue weighted by molar-refractivity contribution is 5.77. The van der Waals surface area contributed by atoms with Gasteiger partial charge in [-0.15, -0.1) is 0 Å². The van der Waals surface area contributed by atoms with Crippen molar-refractivity contribution < 1.29 is 0 Å². The average Bonchev–Trinajstić information content (AvgIpc) is 2.48. The highest BCUT2D eigenvalue weighted by Gasteiger charge is 2.01. The molecule has 2 aromatic rings. The second-order valence-corrected chi connectivity index (χ2v) is 3.21. The Morgan fingerprint density at radius 1 is 1.14 bits per heavy atom. The maximum atomic E-state index is 4.46. The second-order valence-electron chi connectivity index (χ2n) is 3.21. The van der Waals surface area contributed by atoms with E-state index in [1.165, 1.54) is 11.1 Å². The van der Waals surface area contributed by atoms with Crippen molar-refractivity contribution in [1.82, 2.24) is 9.55 Å². The number of aryl methyl sites for hydroxylation is 3. The largest absolute Gasteiger partial charge is 0.333 e. The zero-order valence-corrected chi connectivity index (χ0v) is 9.63. The summed E-state index contributed by atoms with van der Waals surface area (Å²) in [7, 11) is 2.05. The zero-order valence-electron chi connectivity index (χ0n) is 9.63. The predicted molar refractivity (Wildman–Crippen MR) is 61.5 cm³/mol. The first-order valence-corrected chi connectivity index (χ1v) is 5.08. The Labute approximate surface area is 85.6 Å². The van der Waals surface area contributed by atoms with E-state index in [2.05, 4.69) is 28.6 Å². The monoisotopic (exact) mass is 190 g/mol. The Morgan fingerprint density at radius 3 is 2.43 bits per heavy atom. The predicted octanol–water partition coefficient (Wildman–Crippen LogP) is 3.22. The fourth-order valence-corrected chi connectivity index (χ4v) is 1.42. The molecule has 2 heteroatoms. The summed E-state index contributed by atoms with van der Waals surface area (Å²) in [5.74, 6) is 0. The van der Waals surface area contributed by atoms with Crippen LogP contribution in [-0.4, -0.2) is 9.55 Å². The van der Waals surface area contributed by atoms with E-state index in [-0.39, 0.29) is 0 Å². The van der Waals surface area contributed by atoms with E-state index in [0.29, 0.717) is 0 Å². The van der Waals surface area contributed by atoms with Gasteiger partial charge in [-0.2, -0.15) is 0 Å². The number of rotatable bonds is 0. The number of aromatic nitrogens is 2. The lowest BCUT2D eigenvalue weighted by molar-refractivity contribution is 0.898. The summed E-state index contributed by atoms with van der Waals surface area (Å²) in [4.78, 5) is 4.46. The summed E-state index contributed by atoms with van der Waals surface area (Å²) in [6, 6.07) is 6.31. The van der Waals surface area contributed by atoms with Crippen LogP contribution in [0.2, 0.25) is 0 Å². The van der Waals surface area contributed by atoms with E-state index < -0.39 is 0 Å². The number of pyridine rings is 1. The Morgan fingerprint density at radius 2 is 1.79 bits per heavy atom. The minimum Gasteiger partial charge on any atom is -0.333 e. The van der Waals surface area contributed by atoms with Crippen molar-refractivity contribution in [3.63, 3.8) is 0 Å². The molecule has 0 aliphatic heterocycles. The van der Waals surface area contributed by atoms with Crippen LogP contribution in [0.4, 0.5) is 0 Å². The molecule has 0 atom stereocenters. The number of fused-ring (bicyclic) bond motifs is 1. The molecule has 0 amide bonds. The van der Waals surface area contributed by atoms with Crippen molar-refractivity contribution in [3.8, 4) is 0 Å². The lowest BCUT2D eigenvalue weighted by Crippen LogP contribution is -1.92. The smallest absolute Gasteiger partial charge is 0.140 e. The molecule has 76 valence electrons. The van der Waals surface area contributed by atoms with Gasteiger partial charge in [-0.25, -0.2) is 4.98 Å². The van der Waals surface area contributed by atoms with E-state index in [9.17, 15) is 0 Å². The van der Waals surface area contributed by atoms with E-state index in [1.807, 2.05) is 33.9 Å². The molecule has 0 spiro atoms. The van der Waals surface area contributed by atoms with Gasteiger partial charge < -0.3 is 4.57 Å². The van der Waals surface area contributed by atoms with E-state index in [1.54, 1.807) is 0 Å². The van der Waals surface area contributed by atoms with Crippen molar-refractivity contribution in [1.29, 1.82) is 0 Å². The molecule has 2 nitrogen and oxygen atoms in total. The van der Waals surface area contributed by atoms with Crippen molar-refractivity contribution >= 4 is 11.0 Å². The minimum atomic E-state index is 1.07. The lowest BCUT2D eigenvalue weighted by atomic mass is 10.3. The molecule has 0 saturated heterocycles. The van der Waals surface area contributed by atoms with Crippen LogP contribution in [0.15, 0.2) is 18.2 Å². The van der Waals surface area contributed by atoms with Crippen LogP contribution in [0.1, 0.15) is 25.2 Å². The van der Waals surface area contributed by atoms with Crippen molar-refractivity contribution in [2.75, 3.05) is 0 Å². The van der Waals surface area contributed by atoms with Crippen LogP contribution in [0.25, 0.3) is 11.0 Å². The molecule has 0 aromatic carbocycles. The third-order valence-electron chi connectivity index (χ3n) is 2.26. The van der Waals surface area contributed by atoms with Gasteiger partial charge in [0.05, 0.1) is 0 Å². The van der Waals surface area contributed by atoms with Gasteiger partial charge >= 0.3 is 0 Å². The lowest BCUT2D eigenvalue weighted by Gasteiger charge is -1.97. The molecular weight excluding hydrogens is 172 g/mol. The molecule has 0 saturated carbocycles. The zero-order chi connectivity index (χ0) is 10.7. The van der Waals surface area contributed by atoms with Gasteiger partial charge in [0, 0.05) is 23.8 Å². The molecule has 0 fully saturated rings. The molecule has 2 heterocycles. The molecule has 0 bridgehead atoms. The molecule has 0 unspecified atom stereocenters. The van der Waals surface area contributed by atoms with Gasteiger partial charge in [0.15, 0.2) is 0 Å². The molecule has 0 aliphatic rings. The van der Waals surface area contributed by atoms with E-state index >= 15 is 0 Å². The first kappa shape index (κ1) is 10.8. The SMILES string of the molecule is CC.Cc1ccc2cc(C)n(C)c2n1. The van der Waals surface area contributed by atoms with Gasteiger partial charge in [0.1, 0.15) is 5.65 Å². The fourth-order valence-electron chi connectivity index (χ4n) is 1.42. The summed E-state index contributed by atoms with van der Waals surface area (Å²) in [6.45, 7) is 8.11. The summed E-state index contributed by atoms with van der Waals surface area (Å²) >= 11 is 0. The number of hydrogen-bond acceptors (Lipinski definition) is 1. The minimum absolute atomic E-state index is 1.07. The van der Waals surface area contributed by atoms with Gasteiger partial charge in [0.2, 0.25) is 0 Å². The van der Waals surface area contributed by atoms with Crippen LogP contribution in [0, 0.1) is 13.8 Å². The fraction of sp³-hybridized carbons (Fsp3) is 0.417. The van der Waals surface area contributed by atoms with Crippen LogP contribution >= 0.6 is 0 Å². The Hall–Kier alpha value is -1.31. The number of hydrogen-bond donors (Lipinski definition) is 0. The highest BCUT2D eigenvalue weighted by atomic mass is 15.0. The van der Waals surface area contributed by atoms with Crippen molar-refractivity contribution in [2.45, 2.75) is 27.7 Å². The average molecular weight is 190 g/mol. The summed E-state index contributed by atoms with van der Waals surface area (Å²) in [5.41, 5.74) is 3.40. The Kier molecular flexibility index (Phi) is 3.28. The van der Waals surface area contributed by atoms with E-state index in [0.717, 1.165) is 11.3 Å². The van der Waals surface area contributed by atoms with Crippen molar-refractivity contribution in [3.05, 3.63) is 29.6 Å². The maximum Gasteiger partial charge on any atom is 0.140 e. The summed E-state index contributed by atoms with van der Waals surface area (Å²) in [6.07, 6.45) is 0. The standard InChI is InChI=1S/C10H12N2.C2H6/c1-7-4-5-9-6-8(2)12(3)10(9)11-7;1-2/h4-6H,1-3H3;1-2H3. The van der Waals surface area contributed by atoms with E-state index in [4.69, 9.17) is 0 Å². The Balaban J connectivity index is 0.000000461. The van der Waals surface area contributed by atoms with Gasteiger partial charge in [0.25, 0.3) is 0 Å². The van der Waals surface area contributed by atoms with Gasteiger partial charge in [-0.1, -0.05) is 13.8 Å². The topological polar surface area (TPSA) is 17.8 Å². The third kappa shape index (κ3) is 1.79. The molecule has 0 aliphatic carbocycles. The van der Waals surface area contributed by atoms with Gasteiger partial charge in [-0.05, 0) is 32.0 Å². The number of nitrogens with zero attached hydrogens (tertiary/aromatic N) is 2. The third-order valence-corrected chi connectivity index (χ3v) is 2.26. The summed E-state index contributed by atoms with van der Waals surface area (Å²) < 4.78 is 2.11. The molecule has 2 rings (SSSR count). The second kappa shape index (κ2) is 4.27. The molecular formula is C12H18N2. The molecule has 14 heavy (non-hydrogen) atoms. The quantitative estimate of drug-likeness (QED) is 0.623. The van der Waals surface area contributed by atoms with Crippen LogP contribution in [-0.2, 0) is 7.05 Å². The highest BCUT2D eigenvalue weighted by Crippen LogP contribution is 2.15. The van der Waals surface area contributed by atoms with Crippen molar-refractivity contribution in [2.24, 2.45) is 7.05 Å². The molecule has 0 N–H and O–H groups in total. The maximum absolute atomic E-state index is 4.46. The first-order valence-electron chi connectivity index (χ1n) is 5.08. The molecule has 2 aromatic heterocycles. The normalized spacial score (nSPS) is 9.79. The summed E-state index contributed by atoms with van der Waals surface area (Å²) in [5, 5.41) is 1.22. The first-order chi connectivity index (χ1) is 6.68. The molecule has 0 radical (unpaired) electrons. The van der Waals surface area contributed by atoms with Crippen LogP contribution in [0.3, 0.4) is 0 Å². The van der Waals surface area contributed by atoms with Crippen LogP contribution < -0.4 is 0 Å². The Bertz CT molecular complexity index is 427. The van der Waals surface area contributed by atoms with Crippen LogP contribution in [0.5, 0.6) is 0 Å².